The zero-order valence-electron chi connectivity index (χ0n) is 8.10. The third kappa shape index (κ3) is 3.21. The molecule has 0 bridgehead atoms. The van der Waals surface area contributed by atoms with Crippen molar-refractivity contribution in [2.75, 3.05) is 0 Å². The number of carbonyl (C=O) groups excluding carboxylic acids is 1. The lowest BCUT2D eigenvalue weighted by Crippen LogP contribution is -1.97. The van der Waals surface area contributed by atoms with E-state index in [-0.39, 0.29) is 5.78 Å². The third-order valence-corrected chi connectivity index (χ3v) is 2.31. The van der Waals surface area contributed by atoms with Crippen LogP contribution in [0.1, 0.15) is 46.0 Å². The molecular weight excluding hydrogens is 148 g/mol. The van der Waals surface area contributed by atoms with E-state index in [1.165, 1.54) is 19.3 Å². The minimum atomic E-state index is 0.273. The molecule has 0 saturated heterocycles. The van der Waals surface area contributed by atoms with Gasteiger partial charge in [-0.3, -0.25) is 4.79 Å². The number of ketones is 1. The topological polar surface area (TPSA) is 17.1 Å². The van der Waals surface area contributed by atoms with Crippen molar-refractivity contribution in [1.82, 2.24) is 0 Å². The van der Waals surface area contributed by atoms with Crippen molar-refractivity contribution in [3.05, 3.63) is 11.6 Å². The van der Waals surface area contributed by atoms with Crippen molar-refractivity contribution in [3.63, 3.8) is 0 Å². The summed E-state index contributed by atoms with van der Waals surface area (Å²) in [7, 11) is 0. The molecule has 1 aliphatic rings. The highest BCUT2D eigenvalue weighted by Gasteiger charge is 2.19. The number of Topliss-reactive ketones (excluding diaryl/α,β-unsaturated/α-hetero) is 1. The van der Waals surface area contributed by atoms with Gasteiger partial charge in [0.1, 0.15) is 0 Å². The number of carbonyl (C=O) groups is 1. The van der Waals surface area contributed by atoms with Crippen molar-refractivity contribution in [2.45, 2.75) is 46.0 Å². The number of unbranched alkanes of at least 4 members (excludes halogenated alkanes) is 1. The molecule has 0 radical (unpaired) electrons. The quantitative estimate of drug-likeness (QED) is 0.573. The lowest BCUT2D eigenvalue weighted by Gasteiger charge is -2.01. The Hall–Kier alpha value is -0.590. The van der Waals surface area contributed by atoms with Gasteiger partial charge in [-0.15, -0.1) is 0 Å². The molecule has 1 aliphatic carbocycles. The summed E-state index contributed by atoms with van der Waals surface area (Å²) in [5, 5.41) is 0. The van der Waals surface area contributed by atoms with Crippen molar-refractivity contribution in [2.24, 2.45) is 5.92 Å². The van der Waals surface area contributed by atoms with Gasteiger partial charge in [0.25, 0.3) is 0 Å². The molecule has 0 atom stereocenters. The van der Waals surface area contributed by atoms with E-state index in [1.807, 2.05) is 0 Å². The van der Waals surface area contributed by atoms with Gasteiger partial charge in [-0.2, -0.15) is 0 Å². The predicted octanol–water partition coefficient (Wildman–Crippen LogP) is 3.10. The molecule has 68 valence electrons. The van der Waals surface area contributed by atoms with Crippen LogP contribution in [-0.2, 0) is 4.79 Å². The van der Waals surface area contributed by atoms with E-state index in [4.69, 9.17) is 0 Å². The molecule has 1 nitrogen and oxygen atoms in total. The van der Waals surface area contributed by atoms with Crippen LogP contribution in [0.3, 0.4) is 0 Å². The van der Waals surface area contributed by atoms with Crippen LogP contribution in [0.2, 0.25) is 0 Å². The summed E-state index contributed by atoms with van der Waals surface area (Å²) in [6, 6.07) is 0. The largest absolute Gasteiger partial charge is 0.295 e. The zero-order chi connectivity index (χ0) is 8.97. The van der Waals surface area contributed by atoms with Crippen molar-refractivity contribution < 1.29 is 4.79 Å². The van der Waals surface area contributed by atoms with Crippen molar-refractivity contribution >= 4 is 5.78 Å². The maximum Gasteiger partial charge on any atom is 0.155 e. The molecule has 0 unspecified atom stereocenters. The summed E-state index contributed by atoms with van der Waals surface area (Å²) in [6.45, 7) is 3.85. The molecule has 0 aromatic carbocycles. The normalized spacial score (nSPS) is 18.0. The van der Waals surface area contributed by atoms with E-state index in [2.05, 4.69) is 13.0 Å². The Morgan fingerprint density at radius 2 is 2.17 bits per heavy atom. The molecule has 0 aromatic rings. The number of allylic oxidation sites excluding steroid dienone is 2. The van der Waals surface area contributed by atoms with Crippen LogP contribution >= 0.6 is 0 Å². The molecule has 0 N–H and O–H groups in total. The molecule has 1 heteroatoms. The summed E-state index contributed by atoms with van der Waals surface area (Å²) in [5.41, 5.74) is 1.07. The Kier molecular flexibility index (Phi) is 3.51. The predicted molar refractivity (Wildman–Crippen MR) is 51.0 cm³/mol. The van der Waals surface area contributed by atoms with Crippen LogP contribution in [0.5, 0.6) is 0 Å². The van der Waals surface area contributed by atoms with Crippen LogP contribution in [0, 0.1) is 5.92 Å². The average Bonchev–Trinajstić information content (AvgIpc) is 2.80. The highest BCUT2D eigenvalue weighted by atomic mass is 16.1. The second-order valence-corrected chi connectivity index (χ2v) is 3.69. The Bertz CT molecular complexity index is 187. The van der Waals surface area contributed by atoms with E-state index >= 15 is 0 Å². The van der Waals surface area contributed by atoms with E-state index in [1.54, 1.807) is 6.92 Å². The first kappa shape index (κ1) is 9.50. The summed E-state index contributed by atoms with van der Waals surface area (Å²) < 4.78 is 0. The lowest BCUT2D eigenvalue weighted by molar-refractivity contribution is -0.113. The van der Waals surface area contributed by atoms with Crippen LogP contribution in [0.25, 0.3) is 0 Å². The SMILES string of the molecule is CCCC/C(=C\C1CC1)C(C)=O. The minimum Gasteiger partial charge on any atom is -0.295 e. The fraction of sp³-hybridized carbons (Fsp3) is 0.727. The van der Waals surface area contributed by atoms with Gasteiger partial charge in [0.05, 0.1) is 0 Å². The molecular formula is C11H18O. The molecule has 1 saturated carbocycles. The molecule has 0 aromatic heterocycles. The fourth-order valence-corrected chi connectivity index (χ4v) is 1.29. The van der Waals surface area contributed by atoms with Gasteiger partial charge in [0.15, 0.2) is 5.78 Å². The van der Waals surface area contributed by atoms with Crippen LogP contribution in [0.15, 0.2) is 11.6 Å². The second kappa shape index (κ2) is 4.44. The first-order valence-electron chi connectivity index (χ1n) is 4.95. The molecule has 1 fully saturated rings. The highest BCUT2D eigenvalue weighted by Crippen LogP contribution is 2.32. The maximum absolute atomic E-state index is 11.1. The standard InChI is InChI=1S/C11H18O/c1-3-4-5-11(9(2)12)8-10-6-7-10/h8,10H,3-7H2,1-2H3/b11-8+. The first-order valence-corrected chi connectivity index (χ1v) is 4.95. The summed E-state index contributed by atoms with van der Waals surface area (Å²) in [6.07, 6.45) is 8.10. The van der Waals surface area contributed by atoms with Crippen LogP contribution < -0.4 is 0 Å². The highest BCUT2D eigenvalue weighted by molar-refractivity contribution is 5.93. The van der Waals surface area contributed by atoms with E-state index in [9.17, 15) is 4.79 Å². The molecule has 12 heavy (non-hydrogen) atoms. The maximum atomic E-state index is 11.1. The minimum absolute atomic E-state index is 0.273. The second-order valence-electron chi connectivity index (χ2n) is 3.69. The van der Waals surface area contributed by atoms with Gasteiger partial charge in [0, 0.05) is 0 Å². The molecule has 0 amide bonds. The molecule has 0 heterocycles. The average molecular weight is 166 g/mol. The zero-order valence-corrected chi connectivity index (χ0v) is 8.10. The van der Waals surface area contributed by atoms with Gasteiger partial charge >= 0.3 is 0 Å². The Labute approximate surface area is 74.9 Å². The Morgan fingerprint density at radius 1 is 1.50 bits per heavy atom. The van der Waals surface area contributed by atoms with Gasteiger partial charge in [-0.25, -0.2) is 0 Å². The van der Waals surface area contributed by atoms with Crippen molar-refractivity contribution in [3.8, 4) is 0 Å². The number of hydrogen-bond donors (Lipinski definition) is 0. The Morgan fingerprint density at radius 3 is 2.58 bits per heavy atom. The number of rotatable bonds is 5. The molecule has 0 aliphatic heterocycles. The van der Waals surface area contributed by atoms with E-state index < -0.39 is 0 Å². The smallest absolute Gasteiger partial charge is 0.155 e. The van der Waals surface area contributed by atoms with E-state index in [0.29, 0.717) is 0 Å². The molecule has 1 rings (SSSR count). The first-order chi connectivity index (χ1) is 5.74. The monoisotopic (exact) mass is 166 g/mol. The summed E-state index contributed by atoms with van der Waals surface area (Å²) >= 11 is 0. The molecule has 0 spiro atoms. The van der Waals surface area contributed by atoms with E-state index in [0.717, 1.165) is 24.3 Å². The Balaban J connectivity index is 2.41. The summed E-state index contributed by atoms with van der Waals surface area (Å²) in [5.74, 6) is 1.01. The lowest BCUT2D eigenvalue weighted by atomic mass is 10.0. The van der Waals surface area contributed by atoms with Crippen molar-refractivity contribution in [1.29, 1.82) is 0 Å². The van der Waals surface area contributed by atoms with Gasteiger partial charge in [-0.05, 0) is 44.1 Å². The number of hydrogen-bond acceptors (Lipinski definition) is 1. The fourth-order valence-electron chi connectivity index (χ4n) is 1.29. The summed E-state index contributed by atoms with van der Waals surface area (Å²) in [4.78, 5) is 11.1. The van der Waals surface area contributed by atoms with Gasteiger partial charge in [0.2, 0.25) is 0 Å². The third-order valence-electron chi connectivity index (χ3n) is 2.31. The van der Waals surface area contributed by atoms with Crippen LogP contribution in [-0.4, -0.2) is 5.78 Å². The van der Waals surface area contributed by atoms with Gasteiger partial charge in [-0.1, -0.05) is 19.4 Å². The van der Waals surface area contributed by atoms with Gasteiger partial charge < -0.3 is 0 Å². The van der Waals surface area contributed by atoms with Crippen LogP contribution in [0.4, 0.5) is 0 Å².